The first-order chi connectivity index (χ1) is 9.83. The minimum absolute atomic E-state index is 0.156. The molecular weight excluding hydrogens is 268 g/mol. The molecule has 2 rings (SSSR count). The van der Waals surface area contributed by atoms with Gasteiger partial charge in [0.25, 0.3) is 0 Å². The Bertz CT molecular complexity index is 528. The Morgan fingerprint density at radius 2 is 2.10 bits per heavy atom. The summed E-state index contributed by atoms with van der Waals surface area (Å²) in [7, 11) is 3.66. The lowest BCUT2D eigenvalue weighted by molar-refractivity contribution is 0.0360. The number of benzene rings is 1. The number of nitrogens with zero attached hydrogens (tertiary/aromatic N) is 2. The smallest absolute Gasteiger partial charge is 0.339 e. The summed E-state index contributed by atoms with van der Waals surface area (Å²) in [5.41, 5.74) is 1.45. The van der Waals surface area contributed by atoms with Gasteiger partial charge in [0.2, 0.25) is 0 Å². The van der Waals surface area contributed by atoms with Gasteiger partial charge < -0.3 is 9.84 Å². The highest BCUT2D eigenvalue weighted by Gasteiger charge is 2.30. The fourth-order valence-electron chi connectivity index (χ4n) is 2.74. The molecule has 5 nitrogen and oxygen atoms in total. The first kappa shape index (κ1) is 15.8. The summed E-state index contributed by atoms with van der Waals surface area (Å²) >= 11 is 0. The van der Waals surface area contributed by atoms with Gasteiger partial charge in [0.1, 0.15) is 11.3 Å². The summed E-state index contributed by atoms with van der Waals surface area (Å²) in [4.78, 5) is 15.9. The van der Waals surface area contributed by atoms with Crippen molar-refractivity contribution >= 4 is 5.97 Å². The topological polar surface area (TPSA) is 53.0 Å². The maximum Gasteiger partial charge on any atom is 0.339 e. The van der Waals surface area contributed by atoms with Crippen LogP contribution < -0.4 is 4.74 Å². The maximum atomic E-state index is 11.1. The highest BCUT2D eigenvalue weighted by molar-refractivity contribution is 5.90. The number of ether oxygens (including phenoxy) is 1. The minimum Gasteiger partial charge on any atom is -0.496 e. The normalized spacial score (nSPS) is 19.4. The predicted octanol–water partition coefficient (Wildman–Crippen LogP) is 1.92. The molecule has 0 radical (unpaired) electrons. The van der Waals surface area contributed by atoms with Crippen molar-refractivity contribution in [2.45, 2.75) is 25.9 Å². The zero-order valence-corrected chi connectivity index (χ0v) is 13.2. The Hall–Kier alpha value is -1.59. The van der Waals surface area contributed by atoms with Crippen LogP contribution in [0.25, 0.3) is 0 Å². The fraction of sp³-hybridized carbons (Fsp3) is 0.562. The van der Waals surface area contributed by atoms with E-state index >= 15 is 0 Å². The van der Waals surface area contributed by atoms with E-state index in [2.05, 4.69) is 30.7 Å². The van der Waals surface area contributed by atoms with Gasteiger partial charge in [-0.15, -0.1) is 0 Å². The van der Waals surface area contributed by atoms with Crippen molar-refractivity contribution in [3.63, 3.8) is 0 Å². The minimum atomic E-state index is -0.959. The SMILES string of the molecule is COc1cc(CN2CCN(C)C(C)(C)C2)ccc1C(=O)O. The molecule has 1 aromatic carbocycles. The number of carboxylic acids is 1. The molecule has 0 aromatic heterocycles. The second-order valence-electron chi connectivity index (χ2n) is 6.28. The number of rotatable bonds is 4. The largest absolute Gasteiger partial charge is 0.496 e. The quantitative estimate of drug-likeness (QED) is 0.919. The average molecular weight is 292 g/mol. The van der Waals surface area contributed by atoms with E-state index in [0.717, 1.165) is 31.7 Å². The molecule has 116 valence electrons. The highest BCUT2D eigenvalue weighted by atomic mass is 16.5. The zero-order chi connectivity index (χ0) is 15.6. The molecule has 21 heavy (non-hydrogen) atoms. The van der Waals surface area contributed by atoms with Crippen molar-refractivity contribution in [3.05, 3.63) is 29.3 Å². The molecule has 0 saturated carbocycles. The Balaban J connectivity index is 2.12. The lowest BCUT2D eigenvalue weighted by atomic mass is 9.99. The van der Waals surface area contributed by atoms with Crippen LogP contribution in [0.15, 0.2) is 18.2 Å². The van der Waals surface area contributed by atoms with Crippen molar-refractivity contribution in [2.75, 3.05) is 33.8 Å². The molecule has 1 saturated heterocycles. The number of piperazine rings is 1. The van der Waals surface area contributed by atoms with E-state index in [1.165, 1.54) is 7.11 Å². The lowest BCUT2D eigenvalue weighted by Gasteiger charge is -2.45. The first-order valence-corrected chi connectivity index (χ1v) is 7.17. The van der Waals surface area contributed by atoms with Crippen LogP contribution in [0.3, 0.4) is 0 Å². The van der Waals surface area contributed by atoms with Gasteiger partial charge in [-0.05, 0) is 38.6 Å². The fourth-order valence-corrected chi connectivity index (χ4v) is 2.74. The van der Waals surface area contributed by atoms with Gasteiger partial charge >= 0.3 is 5.97 Å². The number of aromatic carboxylic acids is 1. The molecule has 5 heteroatoms. The summed E-state index contributed by atoms with van der Waals surface area (Å²) in [5.74, 6) is -0.535. The van der Waals surface area contributed by atoms with Gasteiger partial charge in [0, 0.05) is 31.7 Å². The van der Waals surface area contributed by atoms with Gasteiger partial charge in [-0.2, -0.15) is 0 Å². The Labute approximate surface area is 126 Å². The average Bonchev–Trinajstić information content (AvgIpc) is 2.42. The van der Waals surface area contributed by atoms with Gasteiger partial charge in [-0.3, -0.25) is 9.80 Å². The van der Waals surface area contributed by atoms with Crippen LogP contribution in [0.2, 0.25) is 0 Å². The Kier molecular flexibility index (Phi) is 4.54. The van der Waals surface area contributed by atoms with E-state index in [0.29, 0.717) is 5.75 Å². The second kappa shape index (κ2) is 6.03. The number of carboxylic acid groups (broad SMARTS) is 1. The van der Waals surface area contributed by atoms with E-state index in [1.54, 1.807) is 6.07 Å². The van der Waals surface area contributed by atoms with Crippen molar-refractivity contribution < 1.29 is 14.6 Å². The lowest BCUT2D eigenvalue weighted by Crippen LogP contribution is -2.57. The maximum absolute atomic E-state index is 11.1. The molecule has 0 aliphatic carbocycles. The zero-order valence-electron chi connectivity index (χ0n) is 13.2. The number of hydrogen-bond acceptors (Lipinski definition) is 4. The third-order valence-corrected chi connectivity index (χ3v) is 4.30. The number of likely N-dealkylation sites (N-methyl/N-ethyl adjacent to an activating group) is 1. The molecule has 1 aliphatic heterocycles. The van der Waals surface area contributed by atoms with Crippen molar-refractivity contribution in [2.24, 2.45) is 0 Å². The van der Waals surface area contributed by atoms with E-state index in [9.17, 15) is 4.79 Å². The van der Waals surface area contributed by atoms with Crippen molar-refractivity contribution in [1.82, 2.24) is 9.80 Å². The molecule has 0 spiro atoms. The summed E-state index contributed by atoms with van der Waals surface area (Å²) < 4.78 is 5.19. The van der Waals surface area contributed by atoms with Crippen molar-refractivity contribution in [3.8, 4) is 5.75 Å². The summed E-state index contributed by atoms with van der Waals surface area (Å²) in [6.45, 7) is 8.35. The number of carbonyl (C=O) groups is 1. The number of methoxy groups -OCH3 is 1. The standard InChI is InChI=1S/C16H24N2O3/c1-16(2)11-18(8-7-17(16)3)10-12-5-6-13(15(19)20)14(9-12)21-4/h5-6,9H,7-8,10-11H2,1-4H3,(H,19,20). The van der Waals surface area contributed by atoms with E-state index in [4.69, 9.17) is 9.84 Å². The highest BCUT2D eigenvalue weighted by Crippen LogP contribution is 2.24. The molecular formula is C16H24N2O3. The monoisotopic (exact) mass is 292 g/mol. The molecule has 0 unspecified atom stereocenters. The van der Waals surface area contributed by atoms with Crippen LogP contribution in [-0.2, 0) is 6.54 Å². The van der Waals surface area contributed by atoms with Crippen molar-refractivity contribution in [1.29, 1.82) is 0 Å². The molecule has 0 amide bonds. The van der Waals surface area contributed by atoms with E-state index < -0.39 is 5.97 Å². The number of hydrogen-bond donors (Lipinski definition) is 1. The van der Waals surface area contributed by atoms with Crippen LogP contribution >= 0.6 is 0 Å². The Morgan fingerprint density at radius 1 is 1.38 bits per heavy atom. The third-order valence-electron chi connectivity index (χ3n) is 4.30. The molecule has 0 bridgehead atoms. The van der Waals surface area contributed by atoms with Gasteiger partial charge in [0.15, 0.2) is 0 Å². The molecule has 1 N–H and O–H groups in total. The van der Waals surface area contributed by atoms with Gasteiger partial charge in [0.05, 0.1) is 7.11 Å². The summed E-state index contributed by atoms with van der Waals surface area (Å²) in [5, 5.41) is 9.11. The van der Waals surface area contributed by atoms with Crippen LogP contribution in [0, 0.1) is 0 Å². The molecule has 1 fully saturated rings. The summed E-state index contributed by atoms with van der Waals surface area (Å²) in [6.07, 6.45) is 0. The van der Waals surface area contributed by atoms with Crippen LogP contribution in [-0.4, -0.2) is 60.2 Å². The third kappa shape index (κ3) is 3.54. The Morgan fingerprint density at radius 3 is 2.67 bits per heavy atom. The summed E-state index contributed by atoms with van der Waals surface area (Å²) in [6, 6.07) is 5.32. The first-order valence-electron chi connectivity index (χ1n) is 7.17. The van der Waals surface area contributed by atoms with E-state index in [-0.39, 0.29) is 11.1 Å². The van der Waals surface area contributed by atoms with Crippen LogP contribution in [0.5, 0.6) is 5.75 Å². The molecule has 1 aliphatic rings. The molecule has 1 aromatic rings. The van der Waals surface area contributed by atoms with Crippen LogP contribution in [0.4, 0.5) is 0 Å². The predicted molar refractivity (Wildman–Crippen MR) is 81.9 cm³/mol. The van der Waals surface area contributed by atoms with Gasteiger partial charge in [-0.25, -0.2) is 4.79 Å². The molecule has 0 atom stereocenters. The molecule has 1 heterocycles. The van der Waals surface area contributed by atoms with E-state index in [1.807, 2.05) is 12.1 Å². The van der Waals surface area contributed by atoms with Crippen LogP contribution in [0.1, 0.15) is 29.8 Å². The second-order valence-corrected chi connectivity index (χ2v) is 6.28. The van der Waals surface area contributed by atoms with Gasteiger partial charge in [-0.1, -0.05) is 6.07 Å².